The molecule has 9 rings (SSSR count). The van der Waals surface area contributed by atoms with Crippen LogP contribution in [0, 0.1) is 11.8 Å². The Hall–Kier alpha value is -6.94. The van der Waals surface area contributed by atoms with Gasteiger partial charge in [0.05, 0.1) is 55.8 Å². The predicted molar refractivity (Wildman–Crippen MR) is 247 cm³/mol. The van der Waals surface area contributed by atoms with E-state index in [-0.39, 0.29) is 35.7 Å². The number of benzene rings is 4. The van der Waals surface area contributed by atoms with E-state index in [9.17, 15) is 19.2 Å². The van der Waals surface area contributed by atoms with Crippen molar-refractivity contribution in [1.29, 1.82) is 0 Å². The molecule has 0 saturated carbocycles. The van der Waals surface area contributed by atoms with Crippen LogP contribution in [0.15, 0.2) is 79.0 Å². The van der Waals surface area contributed by atoms with Crippen molar-refractivity contribution in [2.24, 2.45) is 11.8 Å². The fourth-order valence-corrected chi connectivity index (χ4v) is 9.99. The third kappa shape index (κ3) is 8.29. The number of amides is 4. The molecule has 4 N–H and O–H groups in total. The molecule has 0 bridgehead atoms. The third-order valence-electron chi connectivity index (χ3n) is 13.7. The number of imidazole rings is 2. The molecule has 0 radical (unpaired) electrons. The topological polar surface area (TPSA) is 193 Å². The lowest BCUT2D eigenvalue weighted by Gasteiger charge is -2.33. The number of fused-ring (bicyclic) bond motifs is 6. The fourth-order valence-electron chi connectivity index (χ4n) is 9.99. The second-order valence-electron chi connectivity index (χ2n) is 17.7. The molecule has 7 atom stereocenters. The molecule has 5 heterocycles. The molecule has 4 aromatic carbocycles. The number of hydrogen-bond acceptors (Lipinski definition) is 10. The summed E-state index contributed by atoms with van der Waals surface area (Å²) in [5.41, 5.74) is 7.10. The number of likely N-dealkylation sites (tertiary alicyclic amines) is 2. The van der Waals surface area contributed by atoms with Gasteiger partial charge in [0.2, 0.25) is 5.91 Å². The van der Waals surface area contributed by atoms with Crippen molar-refractivity contribution in [3.05, 3.63) is 102 Å². The molecule has 0 spiro atoms. The van der Waals surface area contributed by atoms with E-state index < -0.39 is 30.3 Å². The largest absolute Gasteiger partial charge is 0.488 e. The van der Waals surface area contributed by atoms with Crippen LogP contribution in [0.4, 0.5) is 9.59 Å². The summed E-state index contributed by atoms with van der Waals surface area (Å²) < 4.78 is 21.8. The first kappa shape index (κ1) is 44.3. The highest BCUT2D eigenvalue weighted by molar-refractivity contribution is 6.07. The molecule has 66 heavy (non-hydrogen) atoms. The standard InChI is InChI=1S/C50H56N8O8/c1-7-27(2)42(55-49(61)64-5)48(60)58-28(3)13-18-39(58)45-51-23-38(53-45)32-14-16-34-33(20-32)26-66-41-22-35-31(21-36(34)41)15-17-37-44(35)54-46(52-37)40-19-29(25-63-4)24-57(40)47(59)43(56-50(62)65-6)30-11-9-8-10-12-30/h8-12,14-17,20-23,27-29,39-40,42-43H,7,13,18-19,24-26H2,1-6H3,(H,51,53)(H,52,54)(H,55,61)(H,56,62). The Labute approximate surface area is 382 Å². The zero-order valence-electron chi connectivity index (χ0n) is 38.1. The zero-order chi connectivity index (χ0) is 46.2. The first-order valence-corrected chi connectivity index (χ1v) is 22.6. The Bertz CT molecular complexity index is 2790. The number of carbonyl (C=O) groups excluding carboxylic acids is 4. The Kier molecular flexibility index (Phi) is 12.4. The van der Waals surface area contributed by atoms with Crippen LogP contribution in [0.1, 0.15) is 87.4 Å². The first-order valence-electron chi connectivity index (χ1n) is 22.6. The monoisotopic (exact) mass is 896 g/mol. The maximum absolute atomic E-state index is 14.4. The van der Waals surface area contributed by atoms with Gasteiger partial charge in [0, 0.05) is 36.6 Å². The molecule has 16 heteroatoms. The van der Waals surface area contributed by atoms with E-state index in [4.69, 9.17) is 28.9 Å². The van der Waals surface area contributed by atoms with Gasteiger partial charge in [0.1, 0.15) is 36.1 Å². The lowest BCUT2D eigenvalue weighted by atomic mass is 9.92. The molecule has 0 aliphatic carbocycles. The van der Waals surface area contributed by atoms with Gasteiger partial charge in [-0.3, -0.25) is 9.59 Å². The second kappa shape index (κ2) is 18.5. The molecular formula is C50H56N8O8. The number of H-pyrrole nitrogens is 2. The minimum Gasteiger partial charge on any atom is -0.488 e. The smallest absolute Gasteiger partial charge is 0.407 e. The zero-order valence-corrected chi connectivity index (χ0v) is 38.1. The van der Waals surface area contributed by atoms with E-state index in [0.717, 1.165) is 68.3 Å². The van der Waals surface area contributed by atoms with Gasteiger partial charge in [0.25, 0.3) is 5.91 Å². The number of nitrogens with one attached hydrogen (secondary N) is 4. The van der Waals surface area contributed by atoms with Gasteiger partial charge in [-0.1, -0.05) is 68.8 Å². The summed E-state index contributed by atoms with van der Waals surface area (Å²) in [7, 11) is 4.23. The van der Waals surface area contributed by atoms with Crippen molar-refractivity contribution in [3.63, 3.8) is 0 Å². The van der Waals surface area contributed by atoms with Gasteiger partial charge in [0.15, 0.2) is 0 Å². The van der Waals surface area contributed by atoms with E-state index in [2.05, 4.69) is 57.0 Å². The van der Waals surface area contributed by atoms with Gasteiger partial charge in [-0.25, -0.2) is 19.6 Å². The van der Waals surface area contributed by atoms with Gasteiger partial charge in [-0.05, 0) is 84.0 Å². The van der Waals surface area contributed by atoms with Crippen molar-refractivity contribution in [2.45, 2.75) is 83.3 Å². The summed E-state index contributed by atoms with van der Waals surface area (Å²) in [6.45, 7) is 7.26. The molecule has 6 aromatic rings. The molecule has 4 amide bonds. The van der Waals surface area contributed by atoms with Crippen molar-refractivity contribution in [3.8, 4) is 28.1 Å². The number of aromatic nitrogens is 4. The lowest BCUT2D eigenvalue weighted by molar-refractivity contribution is -0.137. The number of alkyl carbamates (subject to hydrolysis) is 2. The minimum atomic E-state index is -0.956. The van der Waals surface area contributed by atoms with E-state index in [1.165, 1.54) is 14.2 Å². The number of nitrogens with zero attached hydrogens (tertiary/aromatic N) is 4. The fraction of sp³-hybridized carbons (Fsp3) is 0.400. The maximum atomic E-state index is 14.4. The van der Waals surface area contributed by atoms with Crippen molar-refractivity contribution in [2.75, 3.05) is 34.5 Å². The molecule has 344 valence electrons. The van der Waals surface area contributed by atoms with Gasteiger partial charge < -0.3 is 49.3 Å². The summed E-state index contributed by atoms with van der Waals surface area (Å²) in [5.74, 6) is 1.68. The van der Waals surface area contributed by atoms with Crippen LogP contribution >= 0.6 is 0 Å². The normalized spacial score (nSPS) is 20.3. The Balaban J connectivity index is 0.979. The molecule has 3 aliphatic rings. The van der Waals surface area contributed by atoms with E-state index in [1.807, 2.05) is 68.3 Å². The summed E-state index contributed by atoms with van der Waals surface area (Å²) >= 11 is 0. The van der Waals surface area contributed by atoms with Crippen LogP contribution < -0.4 is 15.4 Å². The van der Waals surface area contributed by atoms with Gasteiger partial charge in [-0.2, -0.15) is 0 Å². The molecule has 16 nitrogen and oxygen atoms in total. The van der Waals surface area contributed by atoms with Crippen LogP contribution in [0.2, 0.25) is 0 Å². The number of carbonyl (C=O) groups is 4. The van der Waals surface area contributed by atoms with Crippen LogP contribution in [0.3, 0.4) is 0 Å². The van der Waals surface area contributed by atoms with Crippen LogP contribution in [-0.2, 0) is 30.4 Å². The average molecular weight is 897 g/mol. The Morgan fingerprint density at radius 3 is 2.42 bits per heavy atom. The SMILES string of the molecule is CCC(C)C(NC(=O)OC)C(=O)N1C(C)CCC1c1ncc(-c2ccc3c(c2)COc2cc4c(ccc5[nH]c(C6CC(COC)CN6C(=O)C(NC(=O)OC)c6ccccc6)nc54)cc2-3)[nH]1. The third-order valence-corrected chi connectivity index (χ3v) is 13.7. The highest BCUT2D eigenvalue weighted by Gasteiger charge is 2.43. The molecular weight excluding hydrogens is 841 g/mol. The van der Waals surface area contributed by atoms with Gasteiger partial charge >= 0.3 is 12.2 Å². The van der Waals surface area contributed by atoms with Gasteiger partial charge in [-0.15, -0.1) is 0 Å². The Morgan fingerprint density at radius 2 is 1.67 bits per heavy atom. The molecule has 2 fully saturated rings. The number of ether oxygens (including phenoxy) is 4. The summed E-state index contributed by atoms with van der Waals surface area (Å²) in [6.07, 6.45) is 3.40. The lowest BCUT2D eigenvalue weighted by Crippen LogP contribution is -2.53. The second-order valence-corrected chi connectivity index (χ2v) is 17.7. The first-order chi connectivity index (χ1) is 32.0. The summed E-state index contributed by atoms with van der Waals surface area (Å²) in [6, 6.07) is 21.4. The molecule has 2 aromatic heterocycles. The predicted octanol–water partition coefficient (Wildman–Crippen LogP) is 8.12. The van der Waals surface area contributed by atoms with Crippen LogP contribution in [-0.4, -0.2) is 100 Å². The van der Waals surface area contributed by atoms with Crippen LogP contribution in [0.5, 0.6) is 5.75 Å². The highest BCUT2D eigenvalue weighted by atomic mass is 16.5. The number of methoxy groups -OCH3 is 3. The van der Waals surface area contributed by atoms with Crippen molar-refractivity contribution < 1.29 is 38.1 Å². The molecule has 2 saturated heterocycles. The van der Waals surface area contributed by atoms with E-state index in [0.29, 0.717) is 49.8 Å². The van der Waals surface area contributed by atoms with E-state index >= 15 is 0 Å². The van der Waals surface area contributed by atoms with Crippen molar-refractivity contribution >= 4 is 45.8 Å². The number of aromatic amines is 2. The average Bonchev–Trinajstić information content (AvgIpc) is 4.17. The van der Waals surface area contributed by atoms with Crippen molar-refractivity contribution in [1.82, 2.24) is 40.4 Å². The number of hydrogen-bond donors (Lipinski definition) is 4. The summed E-state index contributed by atoms with van der Waals surface area (Å²) in [4.78, 5) is 73.9. The highest BCUT2D eigenvalue weighted by Crippen LogP contribution is 2.44. The minimum absolute atomic E-state index is 0.0242. The Morgan fingerprint density at radius 1 is 0.879 bits per heavy atom. The number of rotatable bonds is 12. The van der Waals surface area contributed by atoms with E-state index in [1.54, 1.807) is 12.0 Å². The van der Waals surface area contributed by atoms with Crippen LogP contribution in [0.25, 0.3) is 44.2 Å². The molecule has 3 aliphatic heterocycles. The molecule has 7 unspecified atom stereocenters. The quantitative estimate of drug-likeness (QED) is 0.0933. The maximum Gasteiger partial charge on any atom is 0.407 e. The summed E-state index contributed by atoms with van der Waals surface area (Å²) in [5, 5.41) is 7.44.